The number of H-pyrrole nitrogens is 2. The lowest BCUT2D eigenvalue weighted by atomic mass is 10.3. The monoisotopic (exact) mass is 332 g/mol. The Kier molecular flexibility index (Phi) is 4.83. The van der Waals surface area contributed by atoms with Gasteiger partial charge in [-0.25, -0.2) is 9.89 Å². The SMILES string of the molecule is CC(CSc1nnnn1-c1ccccc1)NCc1n[nH]c(=O)[nH]1. The van der Waals surface area contributed by atoms with Crippen LogP contribution in [0.15, 0.2) is 40.3 Å². The first kappa shape index (κ1) is 15.4. The van der Waals surface area contributed by atoms with Crippen LogP contribution in [0.4, 0.5) is 0 Å². The number of nitrogens with zero attached hydrogens (tertiary/aromatic N) is 5. The first-order valence-corrected chi connectivity index (χ1v) is 8.04. The average molecular weight is 332 g/mol. The van der Waals surface area contributed by atoms with Crippen molar-refractivity contribution in [3.63, 3.8) is 0 Å². The van der Waals surface area contributed by atoms with Crippen LogP contribution in [0, 0.1) is 0 Å². The lowest BCUT2D eigenvalue weighted by Crippen LogP contribution is -2.28. The van der Waals surface area contributed by atoms with Crippen LogP contribution in [-0.4, -0.2) is 47.2 Å². The van der Waals surface area contributed by atoms with Gasteiger partial charge in [0.25, 0.3) is 0 Å². The standard InChI is InChI=1S/C13H16N8OS/c1-9(14-7-11-15-12(22)17-16-11)8-23-13-18-19-20-21(13)10-5-3-2-4-6-10/h2-6,9,14H,7-8H2,1H3,(H2,15,16,17,22). The highest BCUT2D eigenvalue weighted by Crippen LogP contribution is 2.18. The van der Waals surface area contributed by atoms with Gasteiger partial charge in [0.15, 0.2) is 0 Å². The van der Waals surface area contributed by atoms with E-state index in [0.29, 0.717) is 12.4 Å². The van der Waals surface area contributed by atoms with E-state index in [1.807, 2.05) is 30.3 Å². The molecule has 3 N–H and O–H groups in total. The summed E-state index contributed by atoms with van der Waals surface area (Å²) in [7, 11) is 0. The summed E-state index contributed by atoms with van der Waals surface area (Å²) in [5.74, 6) is 1.36. The number of nitrogens with one attached hydrogen (secondary N) is 3. The summed E-state index contributed by atoms with van der Waals surface area (Å²) in [6.07, 6.45) is 0. The fourth-order valence-electron chi connectivity index (χ4n) is 1.92. The minimum Gasteiger partial charge on any atom is -0.306 e. The van der Waals surface area contributed by atoms with Crippen molar-refractivity contribution < 1.29 is 0 Å². The number of hydrogen-bond donors (Lipinski definition) is 3. The predicted octanol–water partition coefficient (Wildman–Crippen LogP) is 0.344. The van der Waals surface area contributed by atoms with Crippen molar-refractivity contribution in [1.82, 2.24) is 40.7 Å². The largest absolute Gasteiger partial charge is 0.340 e. The van der Waals surface area contributed by atoms with Crippen LogP contribution >= 0.6 is 11.8 Å². The van der Waals surface area contributed by atoms with Crippen LogP contribution in [-0.2, 0) is 6.54 Å². The molecule has 1 aromatic carbocycles. The Hall–Kier alpha value is -2.46. The molecule has 10 heteroatoms. The maximum Gasteiger partial charge on any atom is 0.340 e. The van der Waals surface area contributed by atoms with Gasteiger partial charge >= 0.3 is 5.69 Å². The molecule has 1 atom stereocenters. The van der Waals surface area contributed by atoms with E-state index in [2.05, 4.69) is 42.9 Å². The number of aromatic nitrogens is 7. The van der Waals surface area contributed by atoms with Gasteiger partial charge in [-0.3, -0.25) is 4.98 Å². The van der Waals surface area contributed by atoms with E-state index in [1.165, 1.54) is 0 Å². The Morgan fingerprint density at radius 3 is 2.91 bits per heavy atom. The Bertz CT molecular complexity index is 795. The molecule has 0 aliphatic carbocycles. The van der Waals surface area contributed by atoms with Crippen molar-refractivity contribution in [2.45, 2.75) is 24.7 Å². The molecular weight excluding hydrogens is 316 g/mol. The summed E-state index contributed by atoms with van der Waals surface area (Å²) in [6.45, 7) is 2.54. The molecule has 3 aromatic rings. The molecule has 23 heavy (non-hydrogen) atoms. The summed E-state index contributed by atoms with van der Waals surface area (Å²) >= 11 is 1.56. The van der Waals surface area contributed by atoms with Crippen LogP contribution in [0.25, 0.3) is 5.69 Å². The van der Waals surface area contributed by atoms with Crippen molar-refractivity contribution in [3.8, 4) is 5.69 Å². The van der Waals surface area contributed by atoms with Crippen LogP contribution < -0.4 is 11.0 Å². The highest BCUT2D eigenvalue weighted by Gasteiger charge is 2.11. The fourth-order valence-corrected chi connectivity index (χ4v) is 2.79. The third-order valence-electron chi connectivity index (χ3n) is 3.07. The molecule has 0 aliphatic heterocycles. The highest BCUT2D eigenvalue weighted by atomic mass is 32.2. The highest BCUT2D eigenvalue weighted by molar-refractivity contribution is 7.99. The second-order valence-electron chi connectivity index (χ2n) is 4.93. The molecule has 0 aliphatic rings. The minimum atomic E-state index is -0.300. The summed E-state index contributed by atoms with van der Waals surface area (Å²) in [6, 6.07) is 9.94. The molecule has 0 amide bonds. The van der Waals surface area contributed by atoms with E-state index < -0.39 is 0 Å². The number of rotatable bonds is 7. The van der Waals surface area contributed by atoms with E-state index >= 15 is 0 Å². The van der Waals surface area contributed by atoms with E-state index in [1.54, 1.807) is 16.4 Å². The van der Waals surface area contributed by atoms with Gasteiger partial charge in [0.1, 0.15) is 5.82 Å². The summed E-state index contributed by atoms with van der Waals surface area (Å²) in [5.41, 5.74) is 0.626. The molecule has 120 valence electrons. The fraction of sp³-hybridized carbons (Fsp3) is 0.308. The van der Waals surface area contributed by atoms with Crippen LogP contribution in [0.2, 0.25) is 0 Å². The maximum absolute atomic E-state index is 11.0. The van der Waals surface area contributed by atoms with Crippen LogP contribution in [0.1, 0.15) is 12.7 Å². The molecule has 1 unspecified atom stereocenters. The van der Waals surface area contributed by atoms with Crippen LogP contribution in [0.3, 0.4) is 0 Å². The lowest BCUT2D eigenvalue weighted by Gasteiger charge is -2.11. The molecule has 9 nitrogen and oxygen atoms in total. The molecular formula is C13H16N8OS. The Morgan fingerprint density at radius 1 is 1.35 bits per heavy atom. The molecule has 0 bridgehead atoms. The third-order valence-corrected chi connectivity index (χ3v) is 4.25. The smallest absolute Gasteiger partial charge is 0.306 e. The number of thioether (sulfide) groups is 1. The average Bonchev–Trinajstić information content (AvgIpc) is 3.20. The topological polar surface area (TPSA) is 117 Å². The zero-order chi connectivity index (χ0) is 16.1. The minimum absolute atomic E-state index is 0.195. The first-order chi connectivity index (χ1) is 11.2. The van der Waals surface area contributed by atoms with Crippen LogP contribution in [0.5, 0.6) is 0 Å². The predicted molar refractivity (Wildman–Crippen MR) is 85.4 cm³/mol. The van der Waals surface area contributed by atoms with Gasteiger partial charge in [0.2, 0.25) is 5.16 Å². The molecule has 0 spiro atoms. The van der Waals surface area contributed by atoms with E-state index in [-0.39, 0.29) is 11.7 Å². The molecule has 3 rings (SSSR count). The second kappa shape index (κ2) is 7.20. The number of benzene rings is 1. The van der Waals surface area contributed by atoms with E-state index in [9.17, 15) is 4.79 Å². The number of aromatic amines is 2. The van der Waals surface area contributed by atoms with Gasteiger partial charge < -0.3 is 5.32 Å². The van der Waals surface area contributed by atoms with Gasteiger partial charge in [-0.15, -0.1) is 5.10 Å². The molecule has 2 heterocycles. The number of para-hydroxylation sites is 1. The van der Waals surface area contributed by atoms with Crippen molar-refractivity contribution in [2.24, 2.45) is 0 Å². The van der Waals surface area contributed by atoms with Gasteiger partial charge in [-0.2, -0.15) is 9.78 Å². The quantitative estimate of drug-likeness (QED) is 0.534. The third kappa shape index (κ3) is 4.05. The normalized spacial score (nSPS) is 12.4. The summed E-state index contributed by atoms with van der Waals surface area (Å²) in [5, 5.41) is 22.0. The second-order valence-corrected chi connectivity index (χ2v) is 5.91. The Morgan fingerprint density at radius 2 is 2.17 bits per heavy atom. The van der Waals surface area contributed by atoms with Crippen molar-refractivity contribution in [3.05, 3.63) is 46.6 Å². The van der Waals surface area contributed by atoms with E-state index in [4.69, 9.17) is 0 Å². The van der Waals surface area contributed by atoms with Crippen molar-refractivity contribution in [2.75, 3.05) is 5.75 Å². The summed E-state index contributed by atoms with van der Waals surface area (Å²) < 4.78 is 1.71. The molecule has 2 aromatic heterocycles. The van der Waals surface area contributed by atoms with Crippen molar-refractivity contribution in [1.29, 1.82) is 0 Å². The van der Waals surface area contributed by atoms with E-state index in [0.717, 1.165) is 16.6 Å². The zero-order valence-corrected chi connectivity index (χ0v) is 13.2. The summed E-state index contributed by atoms with van der Waals surface area (Å²) in [4.78, 5) is 13.6. The number of tetrazole rings is 1. The molecule has 0 saturated carbocycles. The molecule has 0 radical (unpaired) electrons. The van der Waals surface area contributed by atoms with Gasteiger partial charge in [0, 0.05) is 11.8 Å². The molecule has 0 saturated heterocycles. The van der Waals surface area contributed by atoms with Crippen molar-refractivity contribution >= 4 is 11.8 Å². The first-order valence-electron chi connectivity index (χ1n) is 7.06. The van der Waals surface area contributed by atoms with Gasteiger partial charge in [-0.05, 0) is 29.5 Å². The lowest BCUT2D eigenvalue weighted by molar-refractivity contribution is 0.579. The Labute approximate surface area is 135 Å². The van der Waals surface area contributed by atoms with Gasteiger partial charge in [0.05, 0.1) is 12.2 Å². The Balaban J connectivity index is 1.54. The van der Waals surface area contributed by atoms with Gasteiger partial charge in [-0.1, -0.05) is 30.0 Å². The number of hydrogen-bond acceptors (Lipinski definition) is 7. The zero-order valence-electron chi connectivity index (χ0n) is 12.4. The molecule has 0 fully saturated rings. The maximum atomic E-state index is 11.0.